The van der Waals surface area contributed by atoms with Crippen LogP contribution in [0.4, 0.5) is 0 Å². The lowest BCUT2D eigenvalue weighted by atomic mass is 10.0. The number of nitrogens with zero attached hydrogens (tertiary/aromatic N) is 2. The van der Waals surface area contributed by atoms with Gasteiger partial charge >= 0.3 is 11.8 Å². The summed E-state index contributed by atoms with van der Waals surface area (Å²) in [5, 5.41) is 0. The Hall–Kier alpha value is -2.70. The number of hydrogen-bond donors (Lipinski definition) is 2. The lowest BCUT2D eigenvalue weighted by molar-refractivity contribution is -0.149. The highest BCUT2D eigenvalue weighted by Gasteiger charge is 2.33. The number of nitrogens with two attached hydrogens (primary N) is 1. The molecule has 6 nitrogen and oxygen atoms in total. The molecular formula is C20H24N4O2. The van der Waals surface area contributed by atoms with Gasteiger partial charge < -0.3 is 4.90 Å². The topological polar surface area (TPSA) is 78.7 Å². The van der Waals surface area contributed by atoms with Gasteiger partial charge in [-0.3, -0.25) is 19.9 Å². The van der Waals surface area contributed by atoms with E-state index >= 15 is 0 Å². The maximum Gasteiger partial charge on any atom is 0.323 e. The first kappa shape index (κ1) is 18.1. The monoisotopic (exact) mass is 352 g/mol. The van der Waals surface area contributed by atoms with Crippen LogP contribution in [0.25, 0.3) is 0 Å². The van der Waals surface area contributed by atoms with Crippen molar-refractivity contribution in [1.82, 2.24) is 15.2 Å². The Bertz CT molecular complexity index is 736. The van der Waals surface area contributed by atoms with E-state index in [1.807, 2.05) is 54.0 Å². The summed E-state index contributed by atoms with van der Waals surface area (Å²) in [7, 11) is 0. The lowest BCUT2D eigenvalue weighted by Crippen LogP contribution is -2.59. The first-order valence-electron chi connectivity index (χ1n) is 8.79. The normalized spacial score (nSPS) is 17.7. The molecule has 1 heterocycles. The van der Waals surface area contributed by atoms with Gasteiger partial charge in [-0.15, -0.1) is 0 Å². The molecule has 26 heavy (non-hydrogen) atoms. The molecule has 0 aromatic heterocycles. The van der Waals surface area contributed by atoms with E-state index in [0.29, 0.717) is 19.5 Å². The summed E-state index contributed by atoms with van der Waals surface area (Å²) in [6.45, 7) is 2.78. The van der Waals surface area contributed by atoms with Crippen molar-refractivity contribution in [1.29, 1.82) is 0 Å². The molecule has 1 atom stereocenters. The van der Waals surface area contributed by atoms with Crippen molar-refractivity contribution in [3.05, 3.63) is 71.8 Å². The van der Waals surface area contributed by atoms with Crippen LogP contribution in [0.5, 0.6) is 0 Å². The first-order chi connectivity index (χ1) is 12.7. The number of carbonyl (C=O) groups is 2. The zero-order chi connectivity index (χ0) is 18.4. The molecule has 0 bridgehead atoms. The van der Waals surface area contributed by atoms with Crippen molar-refractivity contribution in [3.8, 4) is 0 Å². The molecule has 1 aliphatic rings. The second-order valence-corrected chi connectivity index (χ2v) is 6.54. The quantitative estimate of drug-likeness (QED) is 0.371. The number of amides is 2. The predicted octanol–water partition coefficient (Wildman–Crippen LogP) is 0.932. The number of piperazine rings is 1. The molecular weight excluding hydrogens is 328 g/mol. The molecule has 2 amide bonds. The molecule has 0 saturated carbocycles. The van der Waals surface area contributed by atoms with Gasteiger partial charge in [-0.05, 0) is 17.5 Å². The minimum absolute atomic E-state index is 0.0698. The number of benzene rings is 2. The molecule has 3 rings (SSSR count). The fraction of sp³-hybridized carbons (Fsp3) is 0.300. The number of hydrogen-bond acceptors (Lipinski definition) is 4. The van der Waals surface area contributed by atoms with E-state index in [-0.39, 0.29) is 6.04 Å². The van der Waals surface area contributed by atoms with Crippen LogP contribution in [0.3, 0.4) is 0 Å². The van der Waals surface area contributed by atoms with Crippen molar-refractivity contribution in [2.24, 2.45) is 5.84 Å². The molecule has 6 heteroatoms. The van der Waals surface area contributed by atoms with Crippen molar-refractivity contribution in [3.63, 3.8) is 0 Å². The van der Waals surface area contributed by atoms with Gasteiger partial charge in [0.25, 0.3) is 0 Å². The maximum absolute atomic E-state index is 12.4. The van der Waals surface area contributed by atoms with Gasteiger partial charge in [0, 0.05) is 32.2 Å². The summed E-state index contributed by atoms with van der Waals surface area (Å²) >= 11 is 0. The largest absolute Gasteiger partial charge is 0.329 e. The van der Waals surface area contributed by atoms with E-state index in [0.717, 1.165) is 18.7 Å². The highest BCUT2D eigenvalue weighted by atomic mass is 16.2. The molecule has 0 aliphatic carbocycles. The minimum atomic E-state index is -0.764. The molecule has 136 valence electrons. The smallest absolute Gasteiger partial charge is 0.323 e. The fourth-order valence-corrected chi connectivity index (χ4v) is 3.43. The average molecular weight is 352 g/mol. The molecule has 0 radical (unpaired) electrons. The molecule has 2 aromatic carbocycles. The lowest BCUT2D eigenvalue weighted by Gasteiger charge is -2.41. The molecule has 1 aliphatic heterocycles. The van der Waals surface area contributed by atoms with E-state index in [1.54, 1.807) is 4.90 Å². The van der Waals surface area contributed by atoms with E-state index in [9.17, 15) is 9.59 Å². The van der Waals surface area contributed by atoms with E-state index < -0.39 is 11.8 Å². The average Bonchev–Trinajstić information content (AvgIpc) is 2.69. The Balaban J connectivity index is 1.74. The molecule has 2 aromatic rings. The Morgan fingerprint density at radius 1 is 0.962 bits per heavy atom. The van der Waals surface area contributed by atoms with Gasteiger partial charge in [0.15, 0.2) is 0 Å². The van der Waals surface area contributed by atoms with Gasteiger partial charge in [0.05, 0.1) is 0 Å². The molecule has 1 saturated heterocycles. The zero-order valence-electron chi connectivity index (χ0n) is 14.7. The van der Waals surface area contributed by atoms with E-state index in [2.05, 4.69) is 17.0 Å². The van der Waals surface area contributed by atoms with Gasteiger partial charge in [0.2, 0.25) is 0 Å². The molecule has 1 fully saturated rings. The third kappa shape index (κ3) is 4.47. The highest BCUT2D eigenvalue weighted by molar-refractivity contribution is 6.34. The van der Waals surface area contributed by atoms with Crippen molar-refractivity contribution < 1.29 is 9.59 Å². The maximum atomic E-state index is 12.4. The van der Waals surface area contributed by atoms with Gasteiger partial charge in [-0.1, -0.05) is 60.7 Å². The second kappa shape index (κ2) is 8.60. The standard InChI is InChI=1S/C20H24N4O2/c21-22-19(25)20(26)24-12-11-23(14-17-9-5-2-6-10-17)15-18(24)13-16-7-3-1-4-8-16/h1-10,18H,11-15,21H2,(H,22,25)/t18-/m1/s1. The van der Waals surface area contributed by atoms with Gasteiger partial charge in [0.1, 0.15) is 0 Å². The van der Waals surface area contributed by atoms with Crippen LogP contribution in [0.2, 0.25) is 0 Å². The van der Waals surface area contributed by atoms with Crippen LogP contribution in [0.15, 0.2) is 60.7 Å². The Morgan fingerprint density at radius 2 is 1.58 bits per heavy atom. The number of carbonyl (C=O) groups excluding carboxylic acids is 2. The Morgan fingerprint density at radius 3 is 2.19 bits per heavy atom. The summed E-state index contributed by atoms with van der Waals surface area (Å²) in [5.41, 5.74) is 4.34. The van der Waals surface area contributed by atoms with Crippen LogP contribution >= 0.6 is 0 Å². The Labute approximate surface area is 153 Å². The van der Waals surface area contributed by atoms with Crippen molar-refractivity contribution in [2.75, 3.05) is 19.6 Å². The third-order valence-electron chi connectivity index (χ3n) is 4.72. The highest BCUT2D eigenvalue weighted by Crippen LogP contribution is 2.17. The molecule has 0 spiro atoms. The van der Waals surface area contributed by atoms with E-state index in [1.165, 1.54) is 5.56 Å². The van der Waals surface area contributed by atoms with Gasteiger partial charge in [-0.2, -0.15) is 0 Å². The second-order valence-electron chi connectivity index (χ2n) is 6.54. The zero-order valence-corrected chi connectivity index (χ0v) is 14.7. The van der Waals surface area contributed by atoms with Crippen LogP contribution in [-0.4, -0.2) is 47.3 Å². The van der Waals surface area contributed by atoms with Crippen molar-refractivity contribution in [2.45, 2.75) is 19.0 Å². The molecule has 0 unspecified atom stereocenters. The summed E-state index contributed by atoms with van der Waals surface area (Å²) < 4.78 is 0. The summed E-state index contributed by atoms with van der Waals surface area (Å²) in [6.07, 6.45) is 0.704. The van der Waals surface area contributed by atoms with Crippen LogP contribution in [-0.2, 0) is 22.6 Å². The van der Waals surface area contributed by atoms with Gasteiger partial charge in [-0.25, -0.2) is 5.84 Å². The number of hydrazine groups is 1. The first-order valence-corrected chi connectivity index (χ1v) is 8.79. The van der Waals surface area contributed by atoms with Crippen LogP contribution in [0.1, 0.15) is 11.1 Å². The number of rotatable bonds is 4. The van der Waals surface area contributed by atoms with Crippen LogP contribution < -0.4 is 11.3 Å². The molecule has 3 N–H and O–H groups in total. The summed E-state index contributed by atoms with van der Waals surface area (Å²) in [6, 6.07) is 20.2. The predicted molar refractivity (Wildman–Crippen MR) is 99.7 cm³/mol. The summed E-state index contributed by atoms with van der Waals surface area (Å²) in [5.74, 6) is 3.82. The SMILES string of the molecule is NNC(=O)C(=O)N1CCN(Cc2ccccc2)C[C@H]1Cc1ccccc1. The Kier molecular flexibility index (Phi) is 5.99. The van der Waals surface area contributed by atoms with Crippen LogP contribution in [0, 0.1) is 0 Å². The third-order valence-corrected chi connectivity index (χ3v) is 4.72. The fourth-order valence-electron chi connectivity index (χ4n) is 3.43. The van der Waals surface area contributed by atoms with E-state index in [4.69, 9.17) is 5.84 Å². The summed E-state index contributed by atoms with van der Waals surface area (Å²) in [4.78, 5) is 28.1. The van der Waals surface area contributed by atoms with Crippen molar-refractivity contribution >= 4 is 11.8 Å². The minimum Gasteiger partial charge on any atom is -0.329 e. The number of nitrogens with one attached hydrogen (secondary N) is 1.